The third-order valence-corrected chi connectivity index (χ3v) is 2.95. The van der Waals surface area contributed by atoms with Gasteiger partial charge in [-0.15, -0.1) is 0 Å². The van der Waals surface area contributed by atoms with Crippen LogP contribution in [0.4, 0.5) is 5.69 Å². The molecule has 0 bridgehead atoms. The lowest BCUT2D eigenvalue weighted by atomic mass is 10.2. The van der Waals surface area contributed by atoms with Crippen LogP contribution < -0.4 is 16.2 Å². The Bertz CT molecular complexity index is 828. The SMILES string of the molecule is NC(=O)c1ccc(N)c(Oc2cccc3ncccc23)n1. The van der Waals surface area contributed by atoms with Crippen LogP contribution in [0.5, 0.6) is 11.6 Å². The Morgan fingerprint density at radius 2 is 1.95 bits per heavy atom. The summed E-state index contributed by atoms with van der Waals surface area (Å²) in [5, 5.41) is 0.825. The number of aromatic nitrogens is 2. The number of rotatable bonds is 3. The predicted molar refractivity (Wildman–Crippen MR) is 79.0 cm³/mol. The van der Waals surface area contributed by atoms with Gasteiger partial charge in [0.05, 0.1) is 11.2 Å². The molecule has 0 saturated heterocycles. The molecule has 1 amide bonds. The molecular formula is C15H12N4O2. The first kappa shape index (κ1) is 12.9. The van der Waals surface area contributed by atoms with Gasteiger partial charge in [0.1, 0.15) is 11.4 Å². The van der Waals surface area contributed by atoms with Crippen LogP contribution in [-0.2, 0) is 0 Å². The second-order valence-electron chi connectivity index (χ2n) is 4.38. The Morgan fingerprint density at radius 1 is 1.10 bits per heavy atom. The highest BCUT2D eigenvalue weighted by atomic mass is 16.5. The molecule has 0 unspecified atom stereocenters. The maximum Gasteiger partial charge on any atom is 0.267 e. The quantitative estimate of drug-likeness (QED) is 0.764. The number of hydrogen-bond acceptors (Lipinski definition) is 5. The van der Waals surface area contributed by atoms with E-state index in [9.17, 15) is 4.79 Å². The smallest absolute Gasteiger partial charge is 0.267 e. The fourth-order valence-corrected chi connectivity index (χ4v) is 1.94. The number of carbonyl (C=O) groups is 1. The van der Waals surface area contributed by atoms with E-state index in [0.29, 0.717) is 11.4 Å². The zero-order valence-corrected chi connectivity index (χ0v) is 11.0. The Hall–Kier alpha value is -3.15. The Labute approximate surface area is 120 Å². The third kappa shape index (κ3) is 2.46. The van der Waals surface area contributed by atoms with Crippen molar-refractivity contribution in [2.24, 2.45) is 5.73 Å². The summed E-state index contributed by atoms with van der Waals surface area (Å²) in [5.74, 6) is 0.0588. The van der Waals surface area contributed by atoms with Gasteiger partial charge in [-0.2, -0.15) is 0 Å². The van der Waals surface area contributed by atoms with Gasteiger partial charge < -0.3 is 16.2 Å². The molecule has 0 aliphatic carbocycles. The molecule has 1 aromatic carbocycles. The van der Waals surface area contributed by atoms with Gasteiger partial charge in [-0.25, -0.2) is 4.98 Å². The molecule has 104 valence electrons. The summed E-state index contributed by atoms with van der Waals surface area (Å²) in [4.78, 5) is 19.5. The van der Waals surface area contributed by atoms with Crippen molar-refractivity contribution in [1.82, 2.24) is 9.97 Å². The minimum atomic E-state index is -0.639. The number of pyridine rings is 2. The molecular weight excluding hydrogens is 268 g/mol. The van der Waals surface area contributed by atoms with Crippen molar-refractivity contribution in [2.75, 3.05) is 5.73 Å². The van der Waals surface area contributed by atoms with Gasteiger partial charge in [0.15, 0.2) is 0 Å². The van der Waals surface area contributed by atoms with Crippen LogP contribution >= 0.6 is 0 Å². The highest BCUT2D eigenvalue weighted by molar-refractivity contribution is 5.91. The van der Waals surface area contributed by atoms with Crippen LogP contribution in [0, 0.1) is 0 Å². The number of fused-ring (bicyclic) bond motifs is 1. The molecule has 6 heteroatoms. The fraction of sp³-hybridized carbons (Fsp3) is 0. The van der Waals surface area contributed by atoms with Crippen LogP contribution in [0.15, 0.2) is 48.7 Å². The summed E-state index contributed by atoms with van der Waals surface area (Å²) in [6, 6.07) is 12.2. The Balaban J connectivity index is 2.06. The largest absolute Gasteiger partial charge is 0.436 e. The number of carbonyl (C=O) groups excluding carboxylic acids is 1. The summed E-state index contributed by atoms with van der Waals surface area (Å²) >= 11 is 0. The molecule has 0 atom stereocenters. The molecule has 0 spiro atoms. The number of anilines is 1. The molecule has 0 fully saturated rings. The van der Waals surface area contributed by atoms with Gasteiger partial charge in [-0.3, -0.25) is 9.78 Å². The average Bonchev–Trinajstić information content (AvgIpc) is 2.49. The molecule has 3 rings (SSSR count). The first-order chi connectivity index (χ1) is 10.1. The van der Waals surface area contributed by atoms with Gasteiger partial charge in [0.2, 0.25) is 5.88 Å². The van der Waals surface area contributed by atoms with Crippen molar-refractivity contribution in [2.45, 2.75) is 0 Å². The van der Waals surface area contributed by atoms with Gasteiger partial charge in [0.25, 0.3) is 5.91 Å². The normalized spacial score (nSPS) is 10.5. The van der Waals surface area contributed by atoms with E-state index in [2.05, 4.69) is 9.97 Å². The van der Waals surface area contributed by atoms with Gasteiger partial charge >= 0.3 is 0 Å². The van der Waals surface area contributed by atoms with Crippen LogP contribution in [0.2, 0.25) is 0 Å². The second-order valence-corrected chi connectivity index (χ2v) is 4.38. The Kier molecular flexibility index (Phi) is 3.12. The summed E-state index contributed by atoms with van der Waals surface area (Å²) in [5.41, 5.74) is 12.2. The van der Waals surface area contributed by atoms with E-state index in [1.54, 1.807) is 12.3 Å². The monoisotopic (exact) mass is 280 g/mol. The maximum absolute atomic E-state index is 11.2. The Morgan fingerprint density at radius 3 is 2.76 bits per heavy atom. The van der Waals surface area contributed by atoms with Crippen molar-refractivity contribution in [3.8, 4) is 11.6 Å². The number of hydrogen-bond donors (Lipinski definition) is 2. The minimum Gasteiger partial charge on any atom is -0.436 e. The van der Waals surface area contributed by atoms with E-state index in [4.69, 9.17) is 16.2 Å². The number of primary amides is 1. The van der Waals surface area contributed by atoms with Crippen molar-refractivity contribution in [1.29, 1.82) is 0 Å². The summed E-state index contributed by atoms with van der Waals surface area (Å²) < 4.78 is 5.73. The van der Waals surface area contributed by atoms with Crippen LogP contribution in [0.3, 0.4) is 0 Å². The lowest BCUT2D eigenvalue weighted by molar-refractivity contribution is 0.0995. The molecule has 2 heterocycles. The molecule has 4 N–H and O–H groups in total. The number of ether oxygens (including phenoxy) is 1. The number of nitrogens with two attached hydrogens (primary N) is 2. The molecule has 6 nitrogen and oxygen atoms in total. The summed E-state index contributed by atoms with van der Waals surface area (Å²) in [7, 11) is 0. The van der Waals surface area contributed by atoms with E-state index in [1.165, 1.54) is 12.1 Å². The fourth-order valence-electron chi connectivity index (χ4n) is 1.94. The van der Waals surface area contributed by atoms with Crippen LogP contribution in [-0.4, -0.2) is 15.9 Å². The number of benzene rings is 1. The third-order valence-electron chi connectivity index (χ3n) is 2.95. The van der Waals surface area contributed by atoms with E-state index in [0.717, 1.165) is 10.9 Å². The lowest BCUT2D eigenvalue weighted by Crippen LogP contribution is -2.13. The minimum absolute atomic E-state index is 0.0950. The molecule has 21 heavy (non-hydrogen) atoms. The molecule has 0 radical (unpaired) electrons. The molecule has 3 aromatic rings. The number of nitrogen functional groups attached to an aromatic ring is 1. The van der Waals surface area contributed by atoms with Gasteiger partial charge in [-0.1, -0.05) is 6.07 Å². The lowest BCUT2D eigenvalue weighted by Gasteiger charge is -2.10. The molecule has 0 saturated carbocycles. The topological polar surface area (TPSA) is 104 Å². The first-order valence-electron chi connectivity index (χ1n) is 6.23. The van der Waals surface area contributed by atoms with E-state index >= 15 is 0 Å². The second kappa shape index (κ2) is 5.09. The van der Waals surface area contributed by atoms with Crippen molar-refractivity contribution in [3.63, 3.8) is 0 Å². The zero-order valence-electron chi connectivity index (χ0n) is 11.0. The summed E-state index contributed by atoms with van der Waals surface area (Å²) in [6.45, 7) is 0. The standard InChI is InChI=1S/C15H12N4O2/c16-10-6-7-12(14(17)20)19-15(10)21-13-5-1-4-11-9(13)3-2-8-18-11/h1-8H,16H2,(H2,17,20). The van der Waals surface area contributed by atoms with Crippen molar-refractivity contribution >= 4 is 22.5 Å². The number of nitrogens with zero attached hydrogens (tertiary/aromatic N) is 2. The van der Waals surface area contributed by atoms with E-state index < -0.39 is 5.91 Å². The zero-order chi connectivity index (χ0) is 14.8. The van der Waals surface area contributed by atoms with Gasteiger partial charge in [-0.05, 0) is 36.4 Å². The highest BCUT2D eigenvalue weighted by Crippen LogP contribution is 2.30. The average molecular weight is 280 g/mol. The first-order valence-corrected chi connectivity index (χ1v) is 6.23. The van der Waals surface area contributed by atoms with Crippen LogP contribution in [0.25, 0.3) is 10.9 Å². The molecule has 2 aromatic heterocycles. The van der Waals surface area contributed by atoms with E-state index in [1.807, 2.05) is 24.3 Å². The predicted octanol–water partition coefficient (Wildman–Crippen LogP) is 2.10. The van der Waals surface area contributed by atoms with Crippen molar-refractivity contribution in [3.05, 3.63) is 54.4 Å². The molecule has 0 aliphatic rings. The van der Waals surface area contributed by atoms with E-state index in [-0.39, 0.29) is 11.6 Å². The van der Waals surface area contributed by atoms with Crippen molar-refractivity contribution < 1.29 is 9.53 Å². The summed E-state index contributed by atoms with van der Waals surface area (Å²) in [6.07, 6.45) is 1.70. The van der Waals surface area contributed by atoms with Gasteiger partial charge in [0, 0.05) is 11.6 Å². The molecule has 0 aliphatic heterocycles. The number of amides is 1. The highest BCUT2D eigenvalue weighted by Gasteiger charge is 2.11. The maximum atomic E-state index is 11.2. The van der Waals surface area contributed by atoms with Crippen LogP contribution in [0.1, 0.15) is 10.5 Å².